The number of ether oxygens (including phenoxy) is 1. The van der Waals surface area contributed by atoms with Crippen LogP contribution in [0.25, 0.3) is 0 Å². The maximum atomic E-state index is 12.2. The molecule has 0 aromatic heterocycles. The fourth-order valence-corrected chi connectivity index (χ4v) is 3.48. The number of halogens is 1. The van der Waals surface area contributed by atoms with Crippen LogP contribution >= 0.6 is 15.9 Å². The normalized spacial score (nSPS) is 11.5. The zero-order valence-corrected chi connectivity index (χ0v) is 13.7. The van der Waals surface area contributed by atoms with Crippen LogP contribution in [0.4, 0.5) is 0 Å². The molecule has 1 aromatic carbocycles. The molecule has 108 valence electrons. The van der Waals surface area contributed by atoms with E-state index in [-0.39, 0.29) is 4.90 Å². The Kier molecular flexibility index (Phi) is 6.82. The summed E-state index contributed by atoms with van der Waals surface area (Å²) < 4.78 is 32.8. The van der Waals surface area contributed by atoms with Gasteiger partial charge in [-0.1, -0.05) is 42.1 Å². The predicted molar refractivity (Wildman–Crippen MR) is 80.0 cm³/mol. The molecule has 0 spiro atoms. The molecule has 0 heterocycles. The van der Waals surface area contributed by atoms with Gasteiger partial charge >= 0.3 is 0 Å². The SMILES string of the molecule is CCCCCCNS(=O)(=O)c1cc(Br)ccc1OC. The number of hydrogen-bond donors (Lipinski definition) is 1. The number of benzene rings is 1. The summed E-state index contributed by atoms with van der Waals surface area (Å²) in [5.74, 6) is 0.351. The molecule has 0 atom stereocenters. The van der Waals surface area contributed by atoms with E-state index >= 15 is 0 Å². The third-order valence-electron chi connectivity index (χ3n) is 2.74. The van der Waals surface area contributed by atoms with Crippen LogP contribution in [0.1, 0.15) is 32.6 Å². The topological polar surface area (TPSA) is 55.4 Å². The van der Waals surface area contributed by atoms with Crippen molar-refractivity contribution in [1.29, 1.82) is 0 Å². The van der Waals surface area contributed by atoms with E-state index in [9.17, 15) is 8.42 Å². The summed E-state index contributed by atoms with van der Waals surface area (Å²) in [7, 11) is -2.06. The van der Waals surface area contributed by atoms with Crippen LogP contribution in [0.15, 0.2) is 27.6 Å². The zero-order chi connectivity index (χ0) is 14.3. The van der Waals surface area contributed by atoms with Crippen molar-refractivity contribution in [2.24, 2.45) is 0 Å². The molecule has 0 fully saturated rings. The molecule has 0 saturated carbocycles. The van der Waals surface area contributed by atoms with Crippen molar-refractivity contribution in [2.45, 2.75) is 37.5 Å². The minimum atomic E-state index is -3.52. The molecule has 0 aliphatic rings. The highest BCUT2D eigenvalue weighted by atomic mass is 79.9. The number of rotatable bonds is 8. The van der Waals surface area contributed by atoms with Gasteiger partial charge in [0.05, 0.1) is 7.11 Å². The van der Waals surface area contributed by atoms with Gasteiger partial charge in [0.25, 0.3) is 0 Å². The third kappa shape index (κ3) is 5.12. The van der Waals surface area contributed by atoms with Gasteiger partial charge in [-0.15, -0.1) is 0 Å². The zero-order valence-electron chi connectivity index (χ0n) is 11.3. The molecule has 1 N–H and O–H groups in total. The van der Waals surface area contributed by atoms with Crippen molar-refractivity contribution in [3.8, 4) is 5.75 Å². The largest absolute Gasteiger partial charge is 0.495 e. The summed E-state index contributed by atoms with van der Waals surface area (Å²) >= 11 is 3.27. The average molecular weight is 350 g/mol. The molecule has 0 saturated heterocycles. The van der Waals surface area contributed by atoms with E-state index in [0.29, 0.717) is 16.8 Å². The van der Waals surface area contributed by atoms with Crippen LogP contribution in [-0.4, -0.2) is 22.1 Å². The van der Waals surface area contributed by atoms with Gasteiger partial charge in [-0.2, -0.15) is 0 Å². The Morgan fingerprint density at radius 3 is 2.63 bits per heavy atom. The summed E-state index contributed by atoms with van der Waals surface area (Å²) in [6, 6.07) is 4.93. The molecule has 1 rings (SSSR count). The van der Waals surface area contributed by atoms with E-state index in [1.165, 1.54) is 7.11 Å². The first kappa shape index (κ1) is 16.5. The summed E-state index contributed by atoms with van der Waals surface area (Å²) in [5.41, 5.74) is 0. The van der Waals surface area contributed by atoms with Crippen LogP contribution in [0.2, 0.25) is 0 Å². The molecule has 19 heavy (non-hydrogen) atoms. The number of unbranched alkanes of at least 4 members (excludes halogenated alkanes) is 3. The standard InChI is InChI=1S/C13H20BrNO3S/c1-3-4-5-6-9-15-19(16,17)13-10-11(14)7-8-12(13)18-2/h7-8,10,15H,3-6,9H2,1-2H3. The molecular formula is C13H20BrNO3S. The Bertz CT molecular complexity index is 503. The van der Waals surface area contributed by atoms with E-state index < -0.39 is 10.0 Å². The number of sulfonamides is 1. The Hall–Kier alpha value is -0.590. The first-order valence-corrected chi connectivity index (χ1v) is 8.62. The lowest BCUT2D eigenvalue weighted by atomic mass is 10.2. The van der Waals surface area contributed by atoms with Crippen molar-refractivity contribution in [2.75, 3.05) is 13.7 Å². The van der Waals surface area contributed by atoms with E-state index in [1.54, 1.807) is 18.2 Å². The lowest BCUT2D eigenvalue weighted by Crippen LogP contribution is -2.25. The second-order valence-corrected chi connectivity index (χ2v) is 6.90. The monoisotopic (exact) mass is 349 g/mol. The van der Waals surface area contributed by atoms with Gasteiger partial charge in [0.15, 0.2) is 0 Å². The van der Waals surface area contributed by atoms with Crippen LogP contribution in [-0.2, 0) is 10.0 Å². The molecule has 0 bridgehead atoms. The van der Waals surface area contributed by atoms with Gasteiger partial charge in [-0.25, -0.2) is 13.1 Å². The first-order chi connectivity index (χ1) is 9.01. The van der Waals surface area contributed by atoms with Crippen molar-refractivity contribution < 1.29 is 13.2 Å². The van der Waals surface area contributed by atoms with E-state index in [4.69, 9.17) is 4.74 Å². The van der Waals surface area contributed by atoms with Crippen LogP contribution < -0.4 is 9.46 Å². The highest BCUT2D eigenvalue weighted by Crippen LogP contribution is 2.26. The van der Waals surface area contributed by atoms with Crippen LogP contribution in [0.5, 0.6) is 5.75 Å². The molecule has 6 heteroatoms. The fraction of sp³-hybridized carbons (Fsp3) is 0.538. The van der Waals surface area contributed by atoms with Gasteiger partial charge in [0.1, 0.15) is 10.6 Å². The number of hydrogen-bond acceptors (Lipinski definition) is 3. The lowest BCUT2D eigenvalue weighted by Gasteiger charge is -2.11. The van der Waals surface area contributed by atoms with Crippen molar-refractivity contribution in [3.05, 3.63) is 22.7 Å². The quantitative estimate of drug-likeness (QED) is 0.732. The Morgan fingerprint density at radius 2 is 2.00 bits per heavy atom. The van der Waals surface area contributed by atoms with Gasteiger partial charge in [-0.3, -0.25) is 0 Å². The molecule has 4 nitrogen and oxygen atoms in total. The maximum Gasteiger partial charge on any atom is 0.244 e. The second kappa shape index (κ2) is 7.87. The highest BCUT2D eigenvalue weighted by Gasteiger charge is 2.19. The second-order valence-electron chi connectivity index (χ2n) is 4.25. The van der Waals surface area contributed by atoms with E-state index in [0.717, 1.165) is 25.7 Å². The Morgan fingerprint density at radius 1 is 1.26 bits per heavy atom. The Labute approximate surface area is 123 Å². The van der Waals surface area contributed by atoms with Gasteiger partial charge in [0, 0.05) is 11.0 Å². The minimum Gasteiger partial charge on any atom is -0.495 e. The van der Waals surface area contributed by atoms with Crippen LogP contribution in [0.3, 0.4) is 0 Å². The van der Waals surface area contributed by atoms with Crippen molar-refractivity contribution in [1.82, 2.24) is 4.72 Å². The van der Waals surface area contributed by atoms with Gasteiger partial charge in [-0.05, 0) is 24.6 Å². The lowest BCUT2D eigenvalue weighted by molar-refractivity contribution is 0.402. The van der Waals surface area contributed by atoms with Crippen molar-refractivity contribution in [3.63, 3.8) is 0 Å². The van der Waals surface area contributed by atoms with Gasteiger partial charge < -0.3 is 4.74 Å². The molecule has 0 aliphatic carbocycles. The minimum absolute atomic E-state index is 0.167. The third-order valence-corrected chi connectivity index (χ3v) is 4.71. The van der Waals surface area contributed by atoms with Gasteiger partial charge in [0.2, 0.25) is 10.0 Å². The molecule has 1 aromatic rings. The summed E-state index contributed by atoms with van der Waals surface area (Å²) in [4.78, 5) is 0.167. The van der Waals surface area contributed by atoms with E-state index in [1.807, 2.05) is 0 Å². The highest BCUT2D eigenvalue weighted by molar-refractivity contribution is 9.10. The van der Waals surface area contributed by atoms with Crippen molar-refractivity contribution >= 4 is 26.0 Å². The first-order valence-electron chi connectivity index (χ1n) is 6.34. The predicted octanol–water partition coefficient (Wildman–Crippen LogP) is 3.32. The maximum absolute atomic E-state index is 12.2. The van der Waals surface area contributed by atoms with Crippen LogP contribution in [0, 0.1) is 0 Å². The summed E-state index contributed by atoms with van der Waals surface area (Å²) in [6.45, 7) is 2.58. The fourth-order valence-electron chi connectivity index (χ4n) is 1.70. The average Bonchev–Trinajstić information content (AvgIpc) is 2.38. The Balaban J connectivity index is 2.74. The smallest absolute Gasteiger partial charge is 0.244 e. The molecule has 0 amide bonds. The molecule has 0 unspecified atom stereocenters. The summed E-state index contributed by atoms with van der Waals surface area (Å²) in [6.07, 6.45) is 4.15. The molecular weight excluding hydrogens is 330 g/mol. The number of methoxy groups -OCH3 is 1. The molecule has 0 aliphatic heterocycles. The summed E-state index contributed by atoms with van der Waals surface area (Å²) in [5, 5.41) is 0. The molecule has 0 radical (unpaired) electrons. The van der Waals surface area contributed by atoms with E-state index in [2.05, 4.69) is 27.6 Å². The number of nitrogens with one attached hydrogen (secondary N) is 1.